The van der Waals surface area contributed by atoms with Crippen molar-refractivity contribution in [3.05, 3.63) is 34.9 Å². The van der Waals surface area contributed by atoms with Crippen molar-refractivity contribution >= 4 is 17.4 Å². The van der Waals surface area contributed by atoms with Gasteiger partial charge in [0.15, 0.2) is 5.78 Å². The molecule has 1 rings (SSSR count). The Morgan fingerprint density at radius 1 is 1.62 bits per heavy atom. The third-order valence-corrected chi connectivity index (χ3v) is 1.89. The van der Waals surface area contributed by atoms with Crippen LogP contribution < -0.4 is 5.73 Å². The van der Waals surface area contributed by atoms with E-state index in [9.17, 15) is 4.79 Å². The van der Waals surface area contributed by atoms with E-state index in [1.165, 1.54) is 0 Å². The highest BCUT2D eigenvalue weighted by molar-refractivity contribution is 6.31. The zero-order valence-electron chi connectivity index (χ0n) is 7.46. The second-order valence-corrected chi connectivity index (χ2v) is 3.55. The van der Waals surface area contributed by atoms with Gasteiger partial charge in [-0.2, -0.15) is 0 Å². The van der Waals surface area contributed by atoms with Crippen molar-refractivity contribution in [3.63, 3.8) is 0 Å². The second-order valence-electron chi connectivity index (χ2n) is 3.11. The molecule has 0 aliphatic carbocycles. The Bertz CT molecular complexity index is 310. The molecule has 0 aromatic heterocycles. The summed E-state index contributed by atoms with van der Waals surface area (Å²) >= 11 is 5.74. The molecule has 1 atom stereocenters. The summed E-state index contributed by atoms with van der Waals surface area (Å²) in [4.78, 5) is 11.5. The van der Waals surface area contributed by atoms with Crippen LogP contribution in [0.2, 0.25) is 5.02 Å². The molecule has 1 aromatic carbocycles. The smallest absolute Gasteiger partial charge is 0.164 e. The van der Waals surface area contributed by atoms with Gasteiger partial charge in [-0.05, 0) is 19.1 Å². The molecule has 0 aliphatic rings. The molecule has 3 heteroatoms. The maximum Gasteiger partial charge on any atom is 0.164 e. The minimum Gasteiger partial charge on any atom is -0.328 e. The number of ketones is 1. The maximum absolute atomic E-state index is 11.5. The lowest BCUT2D eigenvalue weighted by molar-refractivity contribution is 0.0976. The first-order valence-corrected chi connectivity index (χ1v) is 4.51. The molecule has 0 heterocycles. The highest BCUT2D eigenvalue weighted by Gasteiger charge is 2.07. The molecule has 70 valence electrons. The van der Waals surface area contributed by atoms with E-state index in [0.717, 1.165) is 0 Å². The Labute approximate surface area is 82.7 Å². The zero-order chi connectivity index (χ0) is 9.84. The zero-order valence-corrected chi connectivity index (χ0v) is 8.21. The molecule has 0 aliphatic heterocycles. The third-order valence-electron chi connectivity index (χ3n) is 1.65. The van der Waals surface area contributed by atoms with Gasteiger partial charge in [-0.15, -0.1) is 0 Å². The lowest BCUT2D eigenvalue weighted by Crippen LogP contribution is -2.19. The van der Waals surface area contributed by atoms with Crippen molar-refractivity contribution in [2.45, 2.75) is 19.4 Å². The van der Waals surface area contributed by atoms with Crippen LogP contribution in [0.3, 0.4) is 0 Å². The SMILES string of the molecule is CC(N)CC(=O)c1cccc(Cl)c1. The number of benzene rings is 1. The van der Waals surface area contributed by atoms with Gasteiger partial charge in [0.2, 0.25) is 0 Å². The third kappa shape index (κ3) is 3.17. The first-order valence-electron chi connectivity index (χ1n) is 4.14. The van der Waals surface area contributed by atoms with E-state index in [1.807, 2.05) is 6.92 Å². The summed E-state index contributed by atoms with van der Waals surface area (Å²) in [5, 5.41) is 0.579. The summed E-state index contributed by atoms with van der Waals surface area (Å²) in [6.45, 7) is 1.81. The number of hydrogen-bond acceptors (Lipinski definition) is 2. The van der Waals surface area contributed by atoms with Crippen molar-refractivity contribution in [2.75, 3.05) is 0 Å². The molecular weight excluding hydrogens is 186 g/mol. The quantitative estimate of drug-likeness (QED) is 0.756. The minimum atomic E-state index is -0.105. The number of halogens is 1. The molecule has 2 N–H and O–H groups in total. The highest BCUT2D eigenvalue weighted by Crippen LogP contribution is 2.12. The van der Waals surface area contributed by atoms with Gasteiger partial charge < -0.3 is 5.73 Å². The molecule has 1 aromatic rings. The number of rotatable bonds is 3. The molecule has 0 bridgehead atoms. The van der Waals surface area contributed by atoms with Crippen molar-refractivity contribution in [1.82, 2.24) is 0 Å². The molecule has 0 amide bonds. The normalized spacial score (nSPS) is 12.5. The van der Waals surface area contributed by atoms with Crippen LogP contribution in [0.25, 0.3) is 0 Å². The average Bonchev–Trinajstić information content (AvgIpc) is 2.03. The van der Waals surface area contributed by atoms with E-state index in [2.05, 4.69) is 0 Å². The van der Waals surface area contributed by atoms with E-state index in [-0.39, 0.29) is 11.8 Å². The Kier molecular flexibility index (Phi) is 3.46. The fourth-order valence-electron chi connectivity index (χ4n) is 1.07. The number of hydrogen-bond donors (Lipinski definition) is 1. The molecule has 0 saturated carbocycles. The Morgan fingerprint density at radius 3 is 2.85 bits per heavy atom. The number of carbonyl (C=O) groups excluding carboxylic acids is 1. The van der Waals surface area contributed by atoms with Gasteiger partial charge >= 0.3 is 0 Å². The van der Waals surface area contributed by atoms with Crippen LogP contribution in [-0.2, 0) is 0 Å². The summed E-state index contributed by atoms with van der Waals surface area (Å²) in [6, 6.07) is 6.80. The van der Waals surface area contributed by atoms with Crippen molar-refractivity contribution in [2.24, 2.45) is 5.73 Å². The van der Waals surface area contributed by atoms with Gasteiger partial charge in [-0.1, -0.05) is 23.7 Å². The minimum absolute atomic E-state index is 0.0394. The van der Waals surface area contributed by atoms with Crippen molar-refractivity contribution in [3.8, 4) is 0 Å². The van der Waals surface area contributed by atoms with Gasteiger partial charge in [-0.3, -0.25) is 4.79 Å². The first kappa shape index (κ1) is 10.2. The van der Waals surface area contributed by atoms with Crippen molar-refractivity contribution in [1.29, 1.82) is 0 Å². The number of carbonyl (C=O) groups is 1. The molecule has 0 saturated heterocycles. The second kappa shape index (κ2) is 4.40. The van der Waals surface area contributed by atoms with Crippen LogP contribution in [0.15, 0.2) is 24.3 Å². The molecule has 13 heavy (non-hydrogen) atoms. The maximum atomic E-state index is 11.5. The van der Waals surface area contributed by atoms with Crippen LogP contribution in [0.1, 0.15) is 23.7 Å². The highest BCUT2D eigenvalue weighted by atomic mass is 35.5. The molecule has 0 radical (unpaired) electrons. The summed E-state index contributed by atoms with van der Waals surface area (Å²) in [6.07, 6.45) is 0.361. The van der Waals surface area contributed by atoms with Crippen LogP contribution in [0.5, 0.6) is 0 Å². The standard InChI is InChI=1S/C10H12ClNO/c1-7(12)5-10(13)8-3-2-4-9(11)6-8/h2-4,6-7H,5,12H2,1H3. The Morgan fingerprint density at radius 2 is 2.31 bits per heavy atom. The number of Topliss-reactive ketones (excluding diaryl/α,β-unsaturated/α-hetero) is 1. The molecular formula is C10H12ClNO. The van der Waals surface area contributed by atoms with Gasteiger partial charge in [-0.25, -0.2) is 0 Å². The monoisotopic (exact) mass is 197 g/mol. The van der Waals surface area contributed by atoms with E-state index < -0.39 is 0 Å². The number of nitrogens with two attached hydrogens (primary N) is 1. The summed E-state index contributed by atoms with van der Waals surface area (Å²) in [5.41, 5.74) is 6.14. The molecule has 1 unspecified atom stereocenters. The molecule has 0 fully saturated rings. The molecule has 2 nitrogen and oxygen atoms in total. The van der Waals surface area contributed by atoms with E-state index in [0.29, 0.717) is 17.0 Å². The fraction of sp³-hybridized carbons (Fsp3) is 0.300. The van der Waals surface area contributed by atoms with Crippen LogP contribution in [0, 0.1) is 0 Å². The van der Waals surface area contributed by atoms with Gasteiger partial charge in [0.25, 0.3) is 0 Å². The van der Waals surface area contributed by atoms with E-state index in [1.54, 1.807) is 24.3 Å². The summed E-state index contributed by atoms with van der Waals surface area (Å²) < 4.78 is 0. The van der Waals surface area contributed by atoms with E-state index in [4.69, 9.17) is 17.3 Å². The van der Waals surface area contributed by atoms with Crippen LogP contribution in [-0.4, -0.2) is 11.8 Å². The average molecular weight is 198 g/mol. The van der Waals surface area contributed by atoms with Gasteiger partial charge in [0.1, 0.15) is 0 Å². The van der Waals surface area contributed by atoms with Crippen LogP contribution >= 0.6 is 11.6 Å². The molecule has 0 spiro atoms. The largest absolute Gasteiger partial charge is 0.328 e. The lowest BCUT2D eigenvalue weighted by atomic mass is 10.1. The van der Waals surface area contributed by atoms with Gasteiger partial charge in [0, 0.05) is 23.0 Å². The first-order chi connectivity index (χ1) is 6.09. The topological polar surface area (TPSA) is 43.1 Å². The predicted octanol–water partition coefficient (Wildman–Crippen LogP) is 2.26. The van der Waals surface area contributed by atoms with E-state index >= 15 is 0 Å². The van der Waals surface area contributed by atoms with Gasteiger partial charge in [0.05, 0.1) is 0 Å². The summed E-state index contributed by atoms with van der Waals surface area (Å²) in [7, 11) is 0. The lowest BCUT2D eigenvalue weighted by Gasteiger charge is -2.03. The fourth-order valence-corrected chi connectivity index (χ4v) is 1.26. The van der Waals surface area contributed by atoms with Crippen LogP contribution in [0.4, 0.5) is 0 Å². The predicted molar refractivity (Wildman–Crippen MR) is 54.0 cm³/mol. The summed E-state index contributed by atoms with van der Waals surface area (Å²) in [5.74, 6) is 0.0394. The Balaban J connectivity index is 2.77. The Hall–Kier alpha value is -0.860. The van der Waals surface area contributed by atoms with Crippen molar-refractivity contribution < 1.29 is 4.79 Å².